The summed E-state index contributed by atoms with van der Waals surface area (Å²) < 4.78 is 1.54. The average Bonchev–Trinajstić information content (AvgIpc) is 2.14. The molecule has 1 heterocycles. The standard InChI is InChI=1S/C9H14N2O3/c1-4-6(2)10-7(3)5-8(12)11(14)9(10)13/h5-6,14H,4H2,1-3H3. The van der Waals surface area contributed by atoms with Crippen molar-refractivity contribution >= 4 is 0 Å². The van der Waals surface area contributed by atoms with Gasteiger partial charge in [0, 0.05) is 17.8 Å². The third-order valence-corrected chi connectivity index (χ3v) is 2.34. The van der Waals surface area contributed by atoms with Crippen molar-refractivity contribution in [1.29, 1.82) is 0 Å². The third-order valence-electron chi connectivity index (χ3n) is 2.34. The van der Waals surface area contributed by atoms with Gasteiger partial charge in [-0.1, -0.05) is 11.7 Å². The molecule has 1 N–H and O–H groups in total. The molecule has 0 aliphatic rings. The quantitative estimate of drug-likeness (QED) is 0.705. The van der Waals surface area contributed by atoms with Gasteiger partial charge < -0.3 is 5.21 Å². The van der Waals surface area contributed by atoms with Crippen LogP contribution in [0.25, 0.3) is 0 Å². The van der Waals surface area contributed by atoms with Gasteiger partial charge in [-0.25, -0.2) is 4.79 Å². The highest BCUT2D eigenvalue weighted by molar-refractivity contribution is 5.00. The van der Waals surface area contributed by atoms with Gasteiger partial charge >= 0.3 is 5.69 Å². The van der Waals surface area contributed by atoms with Gasteiger partial charge in [0.1, 0.15) is 0 Å². The van der Waals surface area contributed by atoms with Crippen LogP contribution in [0.5, 0.6) is 0 Å². The van der Waals surface area contributed by atoms with E-state index >= 15 is 0 Å². The van der Waals surface area contributed by atoms with E-state index in [2.05, 4.69) is 0 Å². The summed E-state index contributed by atoms with van der Waals surface area (Å²) in [5.41, 5.74) is -0.795. The van der Waals surface area contributed by atoms with Gasteiger partial charge in [0.2, 0.25) is 0 Å². The topological polar surface area (TPSA) is 64.2 Å². The van der Waals surface area contributed by atoms with Crippen LogP contribution in [0.15, 0.2) is 15.7 Å². The van der Waals surface area contributed by atoms with E-state index in [4.69, 9.17) is 5.21 Å². The number of hydrogen-bond donors (Lipinski definition) is 1. The Morgan fingerprint density at radius 2 is 2.07 bits per heavy atom. The highest BCUT2D eigenvalue weighted by Gasteiger charge is 2.11. The molecule has 0 saturated heterocycles. The first-order valence-electron chi connectivity index (χ1n) is 4.53. The Balaban J connectivity index is 3.52. The van der Waals surface area contributed by atoms with Gasteiger partial charge in [0.25, 0.3) is 5.56 Å². The van der Waals surface area contributed by atoms with Crippen molar-refractivity contribution in [3.63, 3.8) is 0 Å². The Morgan fingerprint density at radius 3 is 2.57 bits per heavy atom. The maximum atomic E-state index is 11.5. The first kappa shape index (κ1) is 10.6. The summed E-state index contributed by atoms with van der Waals surface area (Å²) in [6.45, 7) is 5.47. The van der Waals surface area contributed by atoms with Gasteiger partial charge in [-0.05, 0) is 20.3 Å². The van der Waals surface area contributed by atoms with E-state index < -0.39 is 11.2 Å². The fourth-order valence-electron chi connectivity index (χ4n) is 1.38. The number of aryl methyl sites for hydroxylation is 1. The Hall–Kier alpha value is -1.52. The minimum absolute atomic E-state index is 0.0264. The Bertz CT molecular complexity index is 444. The highest BCUT2D eigenvalue weighted by atomic mass is 16.5. The maximum absolute atomic E-state index is 11.5. The molecule has 0 bridgehead atoms. The van der Waals surface area contributed by atoms with Crippen molar-refractivity contribution in [2.75, 3.05) is 0 Å². The van der Waals surface area contributed by atoms with Crippen LogP contribution in [0.1, 0.15) is 32.0 Å². The molecule has 1 unspecified atom stereocenters. The smallest absolute Gasteiger partial charge is 0.364 e. The fraction of sp³-hybridized carbons (Fsp3) is 0.556. The summed E-state index contributed by atoms with van der Waals surface area (Å²) in [6.07, 6.45) is 0.763. The van der Waals surface area contributed by atoms with Crippen molar-refractivity contribution in [2.24, 2.45) is 0 Å². The van der Waals surface area contributed by atoms with E-state index in [9.17, 15) is 9.59 Å². The minimum atomic E-state index is -0.688. The summed E-state index contributed by atoms with van der Waals surface area (Å²) in [5.74, 6) is 0. The second-order valence-electron chi connectivity index (χ2n) is 3.35. The largest absolute Gasteiger partial charge is 0.421 e. The minimum Gasteiger partial charge on any atom is -0.421 e. The van der Waals surface area contributed by atoms with E-state index in [1.807, 2.05) is 13.8 Å². The molecule has 0 aliphatic carbocycles. The average molecular weight is 198 g/mol. The van der Waals surface area contributed by atoms with Gasteiger partial charge in [-0.15, -0.1) is 0 Å². The SMILES string of the molecule is CCC(C)n1c(C)cc(=O)n(O)c1=O. The summed E-state index contributed by atoms with van der Waals surface area (Å²) in [4.78, 5) is 22.5. The van der Waals surface area contributed by atoms with Crippen LogP contribution >= 0.6 is 0 Å². The fourth-order valence-corrected chi connectivity index (χ4v) is 1.38. The van der Waals surface area contributed by atoms with E-state index in [0.717, 1.165) is 6.42 Å². The number of hydrogen-bond acceptors (Lipinski definition) is 3. The van der Waals surface area contributed by atoms with Crippen LogP contribution < -0.4 is 11.2 Å². The van der Waals surface area contributed by atoms with Crippen molar-refractivity contribution in [1.82, 2.24) is 9.30 Å². The molecule has 5 heteroatoms. The number of rotatable bonds is 2. The van der Waals surface area contributed by atoms with E-state index in [0.29, 0.717) is 5.69 Å². The Morgan fingerprint density at radius 1 is 1.50 bits per heavy atom. The molecular formula is C9H14N2O3. The van der Waals surface area contributed by atoms with Crippen LogP contribution in [-0.4, -0.2) is 14.5 Å². The maximum Gasteiger partial charge on any atom is 0.364 e. The van der Waals surface area contributed by atoms with Crippen LogP contribution in [0, 0.1) is 6.92 Å². The molecule has 14 heavy (non-hydrogen) atoms. The predicted octanol–water partition coefficient (Wildman–Crippen LogP) is 0.527. The van der Waals surface area contributed by atoms with Gasteiger partial charge in [0.15, 0.2) is 0 Å². The molecule has 1 atom stereocenters. The summed E-state index contributed by atoms with van der Waals surface area (Å²) in [6, 6.07) is 1.22. The number of nitrogens with zero attached hydrogens (tertiary/aromatic N) is 2. The predicted molar refractivity (Wildman–Crippen MR) is 51.9 cm³/mol. The molecule has 1 aromatic heterocycles. The Labute approximate surface area is 81.2 Å². The molecule has 0 radical (unpaired) electrons. The second kappa shape index (κ2) is 3.69. The molecule has 0 spiro atoms. The van der Waals surface area contributed by atoms with Crippen molar-refractivity contribution < 1.29 is 5.21 Å². The molecule has 78 valence electrons. The zero-order valence-corrected chi connectivity index (χ0v) is 8.52. The molecule has 0 aromatic carbocycles. The van der Waals surface area contributed by atoms with E-state index in [1.165, 1.54) is 10.6 Å². The van der Waals surface area contributed by atoms with Gasteiger partial charge in [-0.2, -0.15) is 0 Å². The summed E-state index contributed by atoms with van der Waals surface area (Å²) in [5, 5.41) is 9.13. The molecule has 0 saturated carbocycles. The lowest BCUT2D eigenvalue weighted by molar-refractivity contribution is 0.151. The Kier molecular flexibility index (Phi) is 2.78. The molecule has 0 amide bonds. The van der Waals surface area contributed by atoms with Crippen LogP contribution in [-0.2, 0) is 0 Å². The lowest BCUT2D eigenvalue weighted by Gasteiger charge is -2.15. The van der Waals surface area contributed by atoms with Crippen molar-refractivity contribution in [3.8, 4) is 0 Å². The molecule has 1 rings (SSSR count). The first-order chi connectivity index (χ1) is 6.49. The van der Waals surface area contributed by atoms with E-state index in [1.54, 1.807) is 6.92 Å². The van der Waals surface area contributed by atoms with E-state index in [-0.39, 0.29) is 10.8 Å². The number of aromatic nitrogens is 2. The van der Waals surface area contributed by atoms with Crippen molar-refractivity contribution in [3.05, 3.63) is 32.6 Å². The summed E-state index contributed by atoms with van der Waals surface area (Å²) >= 11 is 0. The van der Waals surface area contributed by atoms with Crippen LogP contribution in [0.3, 0.4) is 0 Å². The van der Waals surface area contributed by atoms with Crippen LogP contribution in [0.2, 0.25) is 0 Å². The third kappa shape index (κ3) is 1.57. The summed E-state index contributed by atoms with van der Waals surface area (Å²) in [7, 11) is 0. The van der Waals surface area contributed by atoms with Gasteiger partial charge in [0.05, 0.1) is 0 Å². The van der Waals surface area contributed by atoms with Crippen molar-refractivity contribution in [2.45, 2.75) is 33.2 Å². The molecule has 1 aromatic rings. The monoisotopic (exact) mass is 198 g/mol. The molecule has 5 nitrogen and oxygen atoms in total. The molecule has 0 aliphatic heterocycles. The zero-order valence-electron chi connectivity index (χ0n) is 8.52. The second-order valence-corrected chi connectivity index (χ2v) is 3.35. The zero-order chi connectivity index (χ0) is 10.9. The normalized spacial score (nSPS) is 12.8. The highest BCUT2D eigenvalue weighted by Crippen LogP contribution is 2.07. The van der Waals surface area contributed by atoms with Gasteiger partial charge in [-0.3, -0.25) is 9.36 Å². The molecular weight excluding hydrogens is 184 g/mol. The lowest BCUT2D eigenvalue weighted by Crippen LogP contribution is -2.40. The van der Waals surface area contributed by atoms with Crippen LogP contribution in [0.4, 0.5) is 0 Å². The lowest BCUT2D eigenvalue weighted by atomic mass is 10.2. The first-order valence-corrected chi connectivity index (χ1v) is 4.53. The molecule has 0 fully saturated rings.